The molecule has 0 amide bonds. The third-order valence-electron chi connectivity index (χ3n) is 5.48. The standard InChI is InChI=1S/C22H20O14/c1-33-18-9(25)2-6(3-10(18)26)17-19(13(27)12-8(24)4-7(23)5-11(12)34-17)35-22-16(30)14(28)15(29)20(36-22)21(31)32/h2-5,14-16,20,22-26,28-30H,1H3,(H,31,32)/t14-,15-,16+,20-,22+/m1/s1. The molecule has 5 atom stereocenters. The fourth-order valence-electron chi connectivity index (χ4n) is 3.77. The summed E-state index contributed by atoms with van der Waals surface area (Å²) in [5, 5.41) is 79.5. The van der Waals surface area contributed by atoms with Gasteiger partial charge in [-0.1, -0.05) is 0 Å². The lowest BCUT2D eigenvalue weighted by Gasteiger charge is -2.38. The summed E-state index contributed by atoms with van der Waals surface area (Å²) in [6.45, 7) is 0. The second-order valence-electron chi connectivity index (χ2n) is 7.83. The number of aromatic hydroxyl groups is 4. The summed E-state index contributed by atoms with van der Waals surface area (Å²) >= 11 is 0. The molecule has 0 radical (unpaired) electrons. The van der Waals surface area contributed by atoms with Gasteiger partial charge in [-0.3, -0.25) is 4.79 Å². The van der Waals surface area contributed by atoms with Crippen molar-refractivity contribution in [2.24, 2.45) is 0 Å². The van der Waals surface area contributed by atoms with Crippen LogP contribution >= 0.6 is 0 Å². The van der Waals surface area contributed by atoms with Gasteiger partial charge in [0.15, 0.2) is 23.4 Å². The van der Waals surface area contributed by atoms with Crippen molar-refractivity contribution in [2.45, 2.75) is 30.7 Å². The molecule has 192 valence electrons. The van der Waals surface area contributed by atoms with E-state index in [9.17, 15) is 50.4 Å². The zero-order valence-corrected chi connectivity index (χ0v) is 18.2. The minimum atomic E-state index is -2.06. The van der Waals surface area contributed by atoms with Crippen molar-refractivity contribution in [3.05, 3.63) is 34.5 Å². The van der Waals surface area contributed by atoms with E-state index in [1.54, 1.807) is 0 Å². The number of rotatable bonds is 5. The Morgan fingerprint density at radius 3 is 2.11 bits per heavy atom. The highest BCUT2D eigenvalue weighted by atomic mass is 16.7. The van der Waals surface area contributed by atoms with E-state index in [0.717, 1.165) is 24.3 Å². The highest BCUT2D eigenvalue weighted by Crippen LogP contribution is 2.43. The average Bonchev–Trinajstić information content (AvgIpc) is 2.79. The Labute approximate surface area is 200 Å². The Balaban J connectivity index is 1.94. The number of hydrogen-bond donors (Lipinski definition) is 8. The number of carboxylic acid groups (broad SMARTS) is 1. The van der Waals surface area contributed by atoms with Gasteiger partial charge in [0.25, 0.3) is 0 Å². The molecular formula is C22H20O14. The molecule has 1 aliphatic heterocycles. The fraction of sp³-hybridized carbons (Fsp3) is 0.273. The van der Waals surface area contributed by atoms with Crippen LogP contribution in [0.1, 0.15) is 0 Å². The Kier molecular flexibility index (Phi) is 6.28. The molecule has 2 aromatic carbocycles. The Morgan fingerprint density at radius 2 is 1.53 bits per heavy atom. The number of aliphatic carboxylic acids is 1. The monoisotopic (exact) mass is 508 g/mol. The molecule has 0 unspecified atom stereocenters. The predicted octanol–water partition coefficient (Wildman–Crippen LogP) is -0.438. The number of phenols is 4. The average molecular weight is 508 g/mol. The number of phenolic OH excluding ortho intramolecular Hbond substituents is 4. The van der Waals surface area contributed by atoms with Crippen molar-refractivity contribution in [1.29, 1.82) is 0 Å². The summed E-state index contributed by atoms with van der Waals surface area (Å²) in [5.41, 5.74) is -1.64. The van der Waals surface area contributed by atoms with Gasteiger partial charge in [0.2, 0.25) is 23.2 Å². The van der Waals surface area contributed by atoms with Gasteiger partial charge in [0, 0.05) is 17.7 Å². The number of benzene rings is 2. The van der Waals surface area contributed by atoms with Crippen molar-refractivity contribution in [2.75, 3.05) is 7.11 Å². The van der Waals surface area contributed by atoms with Gasteiger partial charge < -0.3 is 59.5 Å². The van der Waals surface area contributed by atoms with Crippen LogP contribution in [-0.4, -0.2) is 84.6 Å². The van der Waals surface area contributed by atoms with Crippen molar-refractivity contribution in [3.8, 4) is 45.8 Å². The summed E-state index contributed by atoms with van der Waals surface area (Å²) in [6, 6.07) is 3.84. The molecule has 0 aliphatic carbocycles. The second-order valence-corrected chi connectivity index (χ2v) is 7.83. The molecule has 14 nitrogen and oxygen atoms in total. The van der Waals surface area contributed by atoms with Crippen molar-refractivity contribution in [1.82, 2.24) is 0 Å². The summed E-state index contributed by atoms with van der Waals surface area (Å²) in [6.07, 6.45) is -10.2. The first-order valence-corrected chi connectivity index (χ1v) is 10.2. The number of methoxy groups -OCH3 is 1. The van der Waals surface area contributed by atoms with Gasteiger partial charge in [0.05, 0.1) is 7.11 Å². The largest absolute Gasteiger partial charge is 0.508 e. The summed E-state index contributed by atoms with van der Waals surface area (Å²) in [5.74, 6) is -5.71. The number of carboxylic acids is 1. The minimum Gasteiger partial charge on any atom is -0.508 e. The number of carbonyl (C=O) groups is 1. The molecule has 1 aromatic heterocycles. The summed E-state index contributed by atoms with van der Waals surface area (Å²) in [7, 11) is 1.17. The number of aliphatic hydroxyl groups is 3. The van der Waals surface area contributed by atoms with E-state index >= 15 is 0 Å². The molecule has 36 heavy (non-hydrogen) atoms. The van der Waals surface area contributed by atoms with E-state index in [0.29, 0.717) is 0 Å². The molecule has 3 aromatic rings. The van der Waals surface area contributed by atoms with Crippen molar-refractivity contribution >= 4 is 16.9 Å². The molecule has 4 rings (SSSR count). The third-order valence-corrected chi connectivity index (χ3v) is 5.48. The normalized spacial score (nSPS) is 23.9. The number of fused-ring (bicyclic) bond motifs is 1. The topological polar surface area (TPSA) is 237 Å². The van der Waals surface area contributed by atoms with E-state index in [1.807, 2.05) is 0 Å². The van der Waals surface area contributed by atoms with Crippen LogP contribution in [0.5, 0.6) is 34.5 Å². The Hall–Kier alpha value is -4.24. The number of ether oxygens (including phenoxy) is 3. The van der Waals surface area contributed by atoms with Gasteiger partial charge in [0.1, 0.15) is 40.8 Å². The summed E-state index contributed by atoms with van der Waals surface area (Å²) < 4.78 is 21.0. The van der Waals surface area contributed by atoms with E-state index in [4.69, 9.17) is 18.6 Å². The molecular weight excluding hydrogens is 488 g/mol. The van der Waals surface area contributed by atoms with E-state index < -0.39 is 82.0 Å². The number of hydrogen-bond acceptors (Lipinski definition) is 13. The zero-order chi connectivity index (χ0) is 26.5. The fourth-order valence-corrected chi connectivity index (χ4v) is 3.77. The highest BCUT2D eigenvalue weighted by Gasteiger charge is 2.48. The maximum Gasteiger partial charge on any atom is 0.335 e. The molecule has 14 heteroatoms. The Morgan fingerprint density at radius 1 is 0.889 bits per heavy atom. The zero-order valence-electron chi connectivity index (χ0n) is 18.2. The molecule has 1 fully saturated rings. The quantitative estimate of drug-likeness (QED) is 0.218. The Bertz CT molecular complexity index is 1370. The van der Waals surface area contributed by atoms with Crippen molar-refractivity contribution in [3.63, 3.8) is 0 Å². The first-order valence-electron chi connectivity index (χ1n) is 10.2. The molecule has 0 bridgehead atoms. The maximum absolute atomic E-state index is 13.3. The smallest absolute Gasteiger partial charge is 0.335 e. The maximum atomic E-state index is 13.3. The lowest BCUT2D eigenvalue weighted by atomic mass is 9.99. The van der Waals surface area contributed by atoms with Crippen LogP contribution in [0.15, 0.2) is 33.5 Å². The van der Waals surface area contributed by atoms with E-state index in [-0.39, 0.29) is 16.9 Å². The van der Waals surface area contributed by atoms with Crippen molar-refractivity contribution < 1.29 is 64.3 Å². The van der Waals surface area contributed by atoms with Crippen LogP contribution in [-0.2, 0) is 9.53 Å². The van der Waals surface area contributed by atoms with Gasteiger partial charge in [-0.15, -0.1) is 0 Å². The van der Waals surface area contributed by atoms with Crippen LogP contribution in [0, 0.1) is 0 Å². The van der Waals surface area contributed by atoms with E-state index in [1.165, 1.54) is 7.11 Å². The van der Waals surface area contributed by atoms with Crippen LogP contribution in [0.25, 0.3) is 22.3 Å². The third kappa shape index (κ3) is 4.07. The minimum absolute atomic E-state index is 0.191. The SMILES string of the molecule is COc1c(O)cc(-c2oc3cc(O)cc(O)c3c(=O)c2O[C@H]2O[C@@H](C(=O)O)[C@H](O)[C@@H](O)[C@@H]2O)cc1O. The first kappa shape index (κ1) is 24.9. The number of aliphatic hydroxyl groups excluding tert-OH is 3. The summed E-state index contributed by atoms with van der Waals surface area (Å²) in [4.78, 5) is 24.8. The van der Waals surface area contributed by atoms with Crippen LogP contribution < -0.4 is 14.9 Å². The van der Waals surface area contributed by atoms with E-state index in [2.05, 4.69) is 0 Å². The molecule has 2 heterocycles. The molecule has 0 saturated carbocycles. The lowest BCUT2D eigenvalue weighted by Crippen LogP contribution is -2.61. The molecule has 1 saturated heterocycles. The van der Waals surface area contributed by atoms with Gasteiger partial charge >= 0.3 is 5.97 Å². The molecule has 0 spiro atoms. The van der Waals surface area contributed by atoms with Gasteiger partial charge in [-0.25, -0.2) is 4.79 Å². The van der Waals surface area contributed by atoms with Crippen LogP contribution in [0.4, 0.5) is 0 Å². The van der Waals surface area contributed by atoms with Crippen LogP contribution in [0.3, 0.4) is 0 Å². The molecule has 1 aliphatic rings. The predicted molar refractivity (Wildman–Crippen MR) is 116 cm³/mol. The molecule has 8 N–H and O–H groups in total. The second kappa shape index (κ2) is 9.09. The lowest BCUT2D eigenvalue weighted by molar-refractivity contribution is -0.271. The van der Waals surface area contributed by atoms with Gasteiger partial charge in [-0.2, -0.15) is 0 Å². The highest BCUT2D eigenvalue weighted by molar-refractivity contribution is 5.88. The first-order chi connectivity index (χ1) is 16.9. The van der Waals surface area contributed by atoms with Crippen LogP contribution in [0.2, 0.25) is 0 Å². The van der Waals surface area contributed by atoms with Gasteiger partial charge in [-0.05, 0) is 12.1 Å².